The molecule has 0 radical (unpaired) electrons. The Kier molecular flexibility index (Phi) is 14.6. The molecule has 29 heavy (non-hydrogen) atoms. The third-order valence-electron chi connectivity index (χ3n) is 2.76. The Hall–Kier alpha value is -1.34. The van der Waals surface area contributed by atoms with Gasteiger partial charge in [0.1, 0.15) is 11.5 Å². The number of methoxy groups -OCH3 is 2. The van der Waals surface area contributed by atoms with Gasteiger partial charge in [-0.2, -0.15) is 6.42 Å². The molecule has 0 spiro atoms. The van der Waals surface area contributed by atoms with Crippen LogP contribution in [0.3, 0.4) is 0 Å². The number of halogens is 7. The van der Waals surface area contributed by atoms with E-state index >= 15 is 0 Å². The van der Waals surface area contributed by atoms with E-state index in [4.69, 9.17) is 4.23 Å². The molecule has 160 valence electrons. The molecule has 0 aliphatic rings. The fourth-order valence-electron chi connectivity index (χ4n) is 1.29. The second-order valence-electron chi connectivity index (χ2n) is 4.67. The van der Waals surface area contributed by atoms with Gasteiger partial charge in [-0.25, -0.2) is 26.3 Å². The fourth-order valence-corrected chi connectivity index (χ4v) is 1.74. The Bertz CT molecular complexity index is 757. The van der Waals surface area contributed by atoms with Crippen molar-refractivity contribution in [2.24, 2.45) is 0 Å². The van der Waals surface area contributed by atoms with Gasteiger partial charge >= 0.3 is 18.9 Å². The molecule has 0 unspecified atom stereocenters. The first-order valence-corrected chi connectivity index (χ1v) is 8.20. The maximum absolute atomic E-state index is 12.7. The molecule has 0 aliphatic heterocycles. The van der Waals surface area contributed by atoms with Crippen molar-refractivity contribution in [1.29, 1.82) is 2.86 Å². The molecule has 0 heterocycles. The molecule has 0 saturated carbocycles. The molecule has 0 saturated heterocycles. The maximum atomic E-state index is 12.7. The van der Waals surface area contributed by atoms with Crippen LogP contribution in [-0.2, 0) is 0 Å². The Balaban J connectivity index is -0.000000399. The molecule has 2 N–H and O–H groups in total. The van der Waals surface area contributed by atoms with E-state index in [1.807, 2.05) is 0 Å². The van der Waals surface area contributed by atoms with Crippen molar-refractivity contribution < 1.29 is 61.5 Å². The first-order valence-electron chi connectivity index (χ1n) is 8.73. The minimum absolute atomic E-state index is 0. The van der Waals surface area contributed by atoms with Gasteiger partial charge in [-0.3, -0.25) is 0 Å². The normalized spacial score (nSPS) is 10.1. The predicted molar refractivity (Wildman–Crippen MR) is 97.3 cm³/mol. The topological polar surface area (TPSA) is 50.0 Å². The number of unbranched alkanes of at least 4 members (excludes halogenated alkanes) is 1. The Morgan fingerprint density at radius 2 is 1.48 bits per heavy atom. The summed E-state index contributed by atoms with van der Waals surface area (Å²) in [7, 11) is 2.38. The Morgan fingerprint density at radius 3 is 1.90 bits per heavy atom. The van der Waals surface area contributed by atoms with Crippen molar-refractivity contribution in [3.63, 3.8) is 0 Å². The standard InChI is InChI=1S/C7H4BrF3O.C7H5F3O.C4H9.Li.H2O/c1-12-4-2-3(9)6(10)7(11)5(4)8;1-11-4-2-5(8)7(10)6(9)3-4;1-3-4-2;;/h2H,1H3;2-3H,1H3;1,3-4H2,2H3;;1H2/q;;-1;+1;/i;2D;;;/hD2. The van der Waals surface area contributed by atoms with Crippen molar-refractivity contribution in [2.75, 3.05) is 14.2 Å². The van der Waals surface area contributed by atoms with Crippen LogP contribution in [0, 0.1) is 41.8 Å². The van der Waals surface area contributed by atoms with Crippen LogP contribution in [0.4, 0.5) is 26.3 Å². The summed E-state index contributed by atoms with van der Waals surface area (Å²) >= 11 is 2.72. The average molecular weight is 488 g/mol. The summed E-state index contributed by atoms with van der Waals surface area (Å²) in [6, 6.07) is 0.611. The molecule has 2 rings (SSSR count). The second-order valence-corrected chi connectivity index (χ2v) is 5.46. The summed E-state index contributed by atoms with van der Waals surface area (Å²) in [5.74, 6) is -9.02. The smallest absolute Gasteiger partial charge is 0.497 e. The summed E-state index contributed by atoms with van der Waals surface area (Å²) in [6.45, 7) is 5.72. The number of hydrogen-bond acceptors (Lipinski definition) is 2. The second kappa shape index (κ2) is 16.5. The van der Waals surface area contributed by atoms with E-state index in [1.165, 1.54) is 13.5 Å². The van der Waals surface area contributed by atoms with Gasteiger partial charge in [-0.1, -0.05) is 13.3 Å². The van der Waals surface area contributed by atoms with E-state index in [-0.39, 0.29) is 34.8 Å². The molecule has 3 nitrogen and oxygen atoms in total. The minimum Gasteiger partial charge on any atom is -0.497 e. The molecule has 0 fully saturated rings. The van der Waals surface area contributed by atoms with Gasteiger partial charge in [0, 0.05) is 18.2 Å². The SMILES string of the molecule is COc1cc(F)c(F)c(F)c1Br.[2H]O[2H].[2H]c1c(OC)cc(F)c(F)c1F.[CH2-]CCC.[Li+]. The van der Waals surface area contributed by atoms with Gasteiger partial charge in [0.2, 0.25) is 2.86 Å². The van der Waals surface area contributed by atoms with E-state index in [2.05, 4.69) is 44.7 Å². The van der Waals surface area contributed by atoms with Crippen LogP contribution in [0.5, 0.6) is 11.5 Å². The number of rotatable bonds is 3. The molecule has 11 heteroatoms. The van der Waals surface area contributed by atoms with Crippen molar-refractivity contribution in [3.8, 4) is 11.5 Å². The van der Waals surface area contributed by atoms with Crippen molar-refractivity contribution in [1.82, 2.24) is 0 Å². The van der Waals surface area contributed by atoms with Crippen molar-refractivity contribution in [3.05, 3.63) is 64.5 Å². The largest absolute Gasteiger partial charge is 1.00 e. The van der Waals surface area contributed by atoms with Crippen LogP contribution in [0.15, 0.2) is 22.6 Å². The summed E-state index contributed by atoms with van der Waals surface area (Å²) in [5, 5.41) is 0. The van der Waals surface area contributed by atoms with Crippen LogP contribution < -0.4 is 28.3 Å². The maximum Gasteiger partial charge on any atom is 1.00 e. The zero-order chi connectivity index (χ0) is 24.7. The third-order valence-corrected chi connectivity index (χ3v) is 3.49. The number of hydrogen-bond donors (Lipinski definition) is 0. The zero-order valence-corrected chi connectivity index (χ0v) is 17.7. The average Bonchev–Trinajstić information content (AvgIpc) is 2.76. The van der Waals surface area contributed by atoms with Gasteiger partial charge in [-0.05, 0) is 15.9 Å². The molecule has 0 amide bonds. The summed E-state index contributed by atoms with van der Waals surface area (Å²) in [4.78, 5) is 0. The molecule has 2 aromatic carbocycles. The molecule has 0 bridgehead atoms. The molecule has 2 aromatic rings. The number of benzene rings is 2. The van der Waals surface area contributed by atoms with E-state index in [9.17, 15) is 26.3 Å². The van der Waals surface area contributed by atoms with Crippen molar-refractivity contribution >= 4 is 15.9 Å². The zero-order valence-electron chi connectivity index (χ0n) is 19.1. The van der Waals surface area contributed by atoms with Gasteiger partial charge in [0.05, 0.1) is 20.1 Å². The van der Waals surface area contributed by atoms with E-state index in [0.717, 1.165) is 19.6 Å². The Labute approximate surface area is 190 Å². The summed E-state index contributed by atoms with van der Waals surface area (Å²) in [5.41, 5.74) is 2.75. The van der Waals surface area contributed by atoms with E-state index < -0.39 is 40.9 Å². The summed E-state index contributed by atoms with van der Waals surface area (Å²) < 4.78 is 101. The molecule has 0 aliphatic carbocycles. The number of ether oxygens (including phenoxy) is 2. The molecular formula is C18H20BrF6LiO3. The van der Waals surface area contributed by atoms with Crippen LogP contribution in [0.1, 0.15) is 21.1 Å². The first kappa shape index (κ1) is 25.7. The summed E-state index contributed by atoms with van der Waals surface area (Å²) in [6.07, 6.45) is 2.28. The molecule has 0 atom stereocenters. The van der Waals surface area contributed by atoms with Gasteiger partial charge in [0.25, 0.3) is 0 Å². The van der Waals surface area contributed by atoms with Crippen molar-refractivity contribution in [2.45, 2.75) is 19.8 Å². The van der Waals surface area contributed by atoms with Gasteiger partial charge in [0.15, 0.2) is 34.9 Å². The molecular weight excluding hydrogens is 465 g/mol. The monoisotopic (exact) mass is 487 g/mol. The van der Waals surface area contributed by atoms with Crippen LogP contribution >= 0.6 is 15.9 Å². The third kappa shape index (κ3) is 10.3. The van der Waals surface area contributed by atoms with Gasteiger partial charge < -0.3 is 21.9 Å². The first-order chi connectivity index (χ1) is 14.5. The van der Waals surface area contributed by atoms with Crippen LogP contribution in [-0.4, -0.2) is 22.6 Å². The van der Waals surface area contributed by atoms with E-state index in [0.29, 0.717) is 6.07 Å². The fraction of sp³-hybridized carbons (Fsp3) is 0.278. The quantitative estimate of drug-likeness (QED) is 0.220. The molecule has 0 aromatic heterocycles. The van der Waals surface area contributed by atoms with E-state index in [1.54, 1.807) is 0 Å². The Morgan fingerprint density at radius 1 is 1.00 bits per heavy atom. The van der Waals surface area contributed by atoms with Gasteiger partial charge in [-0.15, -0.1) is 0 Å². The van der Waals surface area contributed by atoms with Crippen LogP contribution in [0.25, 0.3) is 0 Å². The van der Waals surface area contributed by atoms with Crippen LogP contribution in [0.2, 0.25) is 0 Å². The minimum atomic E-state index is -1.65. The predicted octanol–water partition coefficient (Wildman–Crippen LogP) is 2.79.